The molecular formula is C16H25NO3. The van der Waals surface area contributed by atoms with E-state index in [1.807, 2.05) is 18.2 Å². The number of rotatable bonds is 8. The van der Waals surface area contributed by atoms with Crippen LogP contribution in [0.15, 0.2) is 24.3 Å². The van der Waals surface area contributed by atoms with Gasteiger partial charge in [0.25, 0.3) is 0 Å². The smallest absolute Gasteiger partial charge is 0.322 e. The summed E-state index contributed by atoms with van der Waals surface area (Å²) in [5.74, 6) is 0.234. The molecule has 20 heavy (non-hydrogen) atoms. The molecule has 0 aliphatic rings. The van der Waals surface area contributed by atoms with Crippen LogP contribution in [0.1, 0.15) is 31.4 Å². The normalized spacial score (nSPS) is 12.4. The van der Waals surface area contributed by atoms with E-state index in [1.165, 1.54) is 7.11 Å². The maximum Gasteiger partial charge on any atom is 0.322 e. The van der Waals surface area contributed by atoms with Crippen molar-refractivity contribution in [3.05, 3.63) is 35.4 Å². The number of carbonyl (C=O) groups excluding carboxylic acids is 1. The van der Waals surface area contributed by atoms with Gasteiger partial charge in [0.1, 0.15) is 6.04 Å². The molecule has 112 valence electrons. The van der Waals surface area contributed by atoms with E-state index >= 15 is 0 Å². The van der Waals surface area contributed by atoms with E-state index in [-0.39, 0.29) is 12.0 Å². The molecule has 0 saturated carbocycles. The minimum atomic E-state index is -0.258. The van der Waals surface area contributed by atoms with Crippen molar-refractivity contribution in [2.45, 2.75) is 39.5 Å². The highest BCUT2D eigenvalue weighted by Gasteiger charge is 2.19. The van der Waals surface area contributed by atoms with Crippen molar-refractivity contribution in [1.29, 1.82) is 0 Å². The SMILES string of the molecule is COCc1cccc(CNC(CC(C)C)C(=O)OC)c1. The Morgan fingerprint density at radius 1 is 1.25 bits per heavy atom. The molecule has 0 aromatic heterocycles. The molecule has 0 fully saturated rings. The first kappa shape index (κ1) is 16.7. The molecule has 4 heteroatoms. The summed E-state index contributed by atoms with van der Waals surface area (Å²) in [5.41, 5.74) is 2.27. The van der Waals surface area contributed by atoms with Gasteiger partial charge >= 0.3 is 5.97 Å². The Morgan fingerprint density at radius 2 is 1.95 bits per heavy atom. The lowest BCUT2D eigenvalue weighted by molar-refractivity contribution is -0.143. The molecule has 1 unspecified atom stereocenters. The van der Waals surface area contributed by atoms with Crippen molar-refractivity contribution in [1.82, 2.24) is 5.32 Å². The molecule has 1 rings (SSSR count). The first-order valence-corrected chi connectivity index (χ1v) is 6.94. The van der Waals surface area contributed by atoms with Crippen LogP contribution in [0.3, 0.4) is 0 Å². The molecular weight excluding hydrogens is 254 g/mol. The number of hydrogen-bond acceptors (Lipinski definition) is 4. The highest BCUT2D eigenvalue weighted by molar-refractivity contribution is 5.75. The number of carbonyl (C=O) groups is 1. The van der Waals surface area contributed by atoms with Gasteiger partial charge in [-0.15, -0.1) is 0 Å². The van der Waals surface area contributed by atoms with Crippen molar-refractivity contribution in [2.75, 3.05) is 14.2 Å². The van der Waals surface area contributed by atoms with E-state index in [0.29, 0.717) is 19.1 Å². The van der Waals surface area contributed by atoms with E-state index in [9.17, 15) is 4.79 Å². The number of methoxy groups -OCH3 is 2. The van der Waals surface area contributed by atoms with Crippen LogP contribution in [-0.4, -0.2) is 26.2 Å². The number of benzene rings is 1. The number of esters is 1. The lowest BCUT2D eigenvalue weighted by Crippen LogP contribution is -2.38. The molecule has 1 N–H and O–H groups in total. The van der Waals surface area contributed by atoms with Crippen LogP contribution >= 0.6 is 0 Å². The monoisotopic (exact) mass is 279 g/mol. The zero-order valence-electron chi connectivity index (χ0n) is 12.8. The third-order valence-corrected chi connectivity index (χ3v) is 3.05. The van der Waals surface area contributed by atoms with Crippen molar-refractivity contribution < 1.29 is 14.3 Å². The van der Waals surface area contributed by atoms with Crippen molar-refractivity contribution >= 4 is 5.97 Å². The zero-order chi connectivity index (χ0) is 15.0. The molecule has 0 heterocycles. The lowest BCUT2D eigenvalue weighted by atomic mass is 10.0. The first-order valence-electron chi connectivity index (χ1n) is 6.94. The maximum atomic E-state index is 11.7. The quantitative estimate of drug-likeness (QED) is 0.743. The fourth-order valence-electron chi connectivity index (χ4n) is 2.11. The fourth-order valence-corrected chi connectivity index (χ4v) is 2.11. The summed E-state index contributed by atoms with van der Waals surface area (Å²) >= 11 is 0. The second kappa shape index (κ2) is 8.72. The van der Waals surface area contributed by atoms with Crippen molar-refractivity contribution in [3.63, 3.8) is 0 Å². The summed E-state index contributed by atoms with van der Waals surface area (Å²) in [7, 11) is 3.11. The standard InChI is InChI=1S/C16H25NO3/c1-12(2)8-15(16(18)20-4)17-10-13-6-5-7-14(9-13)11-19-3/h5-7,9,12,15,17H,8,10-11H2,1-4H3. The lowest BCUT2D eigenvalue weighted by Gasteiger charge is -2.18. The minimum absolute atomic E-state index is 0.202. The number of hydrogen-bond donors (Lipinski definition) is 1. The van der Waals surface area contributed by atoms with Crippen LogP contribution in [0, 0.1) is 5.92 Å². The zero-order valence-corrected chi connectivity index (χ0v) is 12.8. The van der Waals surface area contributed by atoms with Crippen LogP contribution in [0.25, 0.3) is 0 Å². The van der Waals surface area contributed by atoms with E-state index in [0.717, 1.165) is 17.5 Å². The van der Waals surface area contributed by atoms with E-state index < -0.39 is 0 Å². The summed E-state index contributed by atoms with van der Waals surface area (Å²) in [6, 6.07) is 7.89. The molecule has 1 aromatic carbocycles. The van der Waals surface area contributed by atoms with Gasteiger partial charge in [0.15, 0.2) is 0 Å². The van der Waals surface area contributed by atoms with Gasteiger partial charge in [-0.1, -0.05) is 38.1 Å². The van der Waals surface area contributed by atoms with Gasteiger partial charge in [-0.25, -0.2) is 0 Å². The van der Waals surface area contributed by atoms with Gasteiger partial charge in [-0.05, 0) is 23.5 Å². The van der Waals surface area contributed by atoms with Gasteiger partial charge in [-0.3, -0.25) is 4.79 Å². The largest absolute Gasteiger partial charge is 0.468 e. The first-order chi connectivity index (χ1) is 9.56. The summed E-state index contributed by atoms with van der Waals surface area (Å²) in [4.78, 5) is 11.7. The molecule has 0 radical (unpaired) electrons. The Kier molecular flexibility index (Phi) is 7.26. The Hall–Kier alpha value is -1.39. The third kappa shape index (κ3) is 5.72. The summed E-state index contributed by atoms with van der Waals surface area (Å²) in [6.45, 7) is 5.43. The van der Waals surface area contributed by atoms with E-state index in [2.05, 4.69) is 25.2 Å². The molecule has 0 aliphatic heterocycles. The van der Waals surface area contributed by atoms with Crippen molar-refractivity contribution in [2.24, 2.45) is 5.92 Å². The van der Waals surface area contributed by atoms with Crippen LogP contribution in [0.4, 0.5) is 0 Å². The van der Waals surface area contributed by atoms with Crippen LogP contribution in [-0.2, 0) is 27.4 Å². The highest BCUT2D eigenvalue weighted by Crippen LogP contribution is 2.10. The van der Waals surface area contributed by atoms with Gasteiger partial charge in [-0.2, -0.15) is 0 Å². The van der Waals surface area contributed by atoms with Gasteiger partial charge in [0, 0.05) is 13.7 Å². The Morgan fingerprint density at radius 3 is 2.55 bits per heavy atom. The molecule has 0 saturated heterocycles. The van der Waals surface area contributed by atoms with Gasteiger partial charge in [0.05, 0.1) is 13.7 Å². The topological polar surface area (TPSA) is 47.6 Å². The van der Waals surface area contributed by atoms with Crippen LogP contribution in [0.5, 0.6) is 0 Å². The van der Waals surface area contributed by atoms with E-state index in [4.69, 9.17) is 9.47 Å². The molecule has 0 spiro atoms. The minimum Gasteiger partial charge on any atom is -0.468 e. The molecule has 0 aliphatic carbocycles. The van der Waals surface area contributed by atoms with E-state index in [1.54, 1.807) is 7.11 Å². The third-order valence-electron chi connectivity index (χ3n) is 3.05. The predicted molar refractivity (Wildman–Crippen MR) is 79.3 cm³/mol. The molecule has 1 atom stereocenters. The second-order valence-corrected chi connectivity index (χ2v) is 5.34. The van der Waals surface area contributed by atoms with Gasteiger partial charge in [0.2, 0.25) is 0 Å². The summed E-state index contributed by atoms with van der Waals surface area (Å²) < 4.78 is 9.96. The predicted octanol–water partition coefficient (Wildman–Crippen LogP) is 2.51. The summed E-state index contributed by atoms with van der Waals surface area (Å²) in [5, 5.41) is 3.27. The molecule has 0 amide bonds. The number of nitrogens with one attached hydrogen (secondary N) is 1. The molecule has 0 bridgehead atoms. The van der Waals surface area contributed by atoms with Crippen LogP contribution in [0.2, 0.25) is 0 Å². The average molecular weight is 279 g/mol. The van der Waals surface area contributed by atoms with Gasteiger partial charge < -0.3 is 14.8 Å². The van der Waals surface area contributed by atoms with Crippen molar-refractivity contribution in [3.8, 4) is 0 Å². The number of ether oxygens (including phenoxy) is 2. The van der Waals surface area contributed by atoms with Crippen LogP contribution < -0.4 is 5.32 Å². The molecule has 4 nitrogen and oxygen atoms in total. The molecule has 1 aromatic rings. The average Bonchev–Trinajstić information content (AvgIpc) is 2.43. The fraction of sp³-hybridized carbons (Fsp3) is 0.562. The highest BCUT2D eigenvalue weighted by atomic mass is 16.5. The maximum absolute atomic E-state index is 11.7. The Balaban J connectivity index is 2.62. The second-order valence-electron chi connectivity index (χ2n) is 5.34. The Labute approximate surface area is 121 Å². The summed E-state index contributed by atoms with van der Waals surface area (Å²) in [6.07, 6.45) is 0.768. The Bertz CT molecular complexity index is 418.